The molecule has 3 N–H and O–H groups in total. The zero-order chi connectivity index (χ0) is 35.6. The van der Waals surface area contributed by atoms with Crippen LogP contribution in [0.5, 0.6) is 5.75 Å². The second-order valence-electron chi connectivity index (χ2n) is 11.3. The number of hydrogen-bond donors (Lipinski definition) is 3. The molecule has 0 fully saturated rings. The first-order valence-corrected chi connectivity index (χ1v) is 17.3. The second-order valence-corrected chi connectivity index (χ2v) is 13.4. The van der Waals surface area contributed by atoms with Gasteiger partial charge in [-0.25, -0.2) is 27.6 Å². The van der Waals surface area contributed by atoms with Crippen LogP contribution in [0.25, 0.3) is 10.4 Å². The summed E-state index contributed by atoms with van der Waals surface area (Å²) in [6.45, 7) is 0.331. The number of ether oxygens (including phenoxy) is 2. The molecule has 1 aliphatic rings. The third kappa shape index (κ3) is 8.62. The molecule has 0 radical (unpaired) electrons. The minimum absolute atomic E-state index is 0.0233. The topological polar surface area (TPSA) is 175 Å². The van der Waals surface area contributed by atoms with Gasteiger partial charge in [0.25, 0.3) is 5.91 Å². The van der Waals surface area contributed by atoms with Crippen molar-refractivity contribution in [3.63, 3.8) is 0 Å². The Hall–Kier alpha value is -5.34. The normalized spacial score (nSPS) is 16.9. The summed E-state index contributed by atoms with van der Waals surface area (Å²) in [5.74, 6) is -2.20. The Kier molecular flexibility index (Phi) is 11.8. The molecule has 1 aliphatic heterocycles. The Morgan fingerprint density at radius 2 is 1.72 bits per heavy atom. The number of nitrogens with one attached hydrogen (secondary N) is 2. The predicted octanol–water partition coefficient (Wildman–Crippen LogP) is 5.65. The first kappa shape index (κ1) is 36.0. The predicted molar refractivity (Wildman–Crippen MR) is 181 cm³/mol. The average molecular weight is 705 g/mol. The van der Waals surface area contributed by atoms with Gasteiger partial charge in [-0.15, -0.1) is 0 Å². The molecule has 0 bridgehead atoms. The first-order chi connectivity index (χ1) is 24.1. The van der Waals surface area contributed by atoms with Gasteiger partial charge in [-0.05, 0) is 66.0 Å². The number of sulfone groups is 1. The standard InChI is InChI=1S/C35H34F2N6O6S/c36-26-21-24(22-27(37)23-26)15-17-39-42-34(45)35(16-20-50(46,47)29-7-2-1-3-8-29)32(30-9-4-5-10-31(30)41-43-38)49-33(40-35)25-11-13-28(14-12-25)48-19-6-18-44/h1-5,7-14,21-23,32,39,44H,6,15-20H2,(H,42,45)/t32-,35-/m0/s1. The maximum Gasteiger partial charge on any atom is 0.266 e. The lowest BCUT2D eigenvalue weighted by atomic mass is 9.84. The molecule has 0 saturated heterocycles. The third-order valence-corrected chi connectivity index (χ3v) is 9.65. The number of aliphatic hydroxyl groups is 1. The van der Waals surface area contributed by atoms with Crippen molar-refractivity contribution < 1.29 is 36.6 Å². The molecule has 1 heterocycles. The number of nitrogens with zero attached hydrogens (tertiary/aromatic N) is 4. The number of aliphatic hydroxyl groups excluding tert-OH is 1. The molecule has 12 nitrogen and oxygen atoms in total. The van der Waals surface area contributed by atoms with Gasteiger partial charge in [0.05, 0.1) is 17.3 Å². The van der Waals surface area contributed by atoms with Crippen LogP contribution in [-0.4, -0.2) is 56.4 Å². The summed E-state index contributed by atoms with van der Waals surface area (Å²) in [5, 5.41) is 12.8. The number of hydrogen-bond acceptors (Lipinski definition) is 9. The zero-order valence-electron chi connectivity index (χ0n) is 26.7. The van der Waals surface area contributed by atoms with Crippen LogP contribution in [0.3, 0.4) is 0 Å². The van der Waals surface area contributed by atoms with E-state index in [1.807, 2.05) is 0 Å². The van der Waals surface area contributed by atoms with E-state index in [0.717, 1.165) is 6.07 Å². The van der Waals surface area contributed by atoms with E-state index in [-0.39, 0.29) is 48.0 Å². The van der Waals surface area contributed by atoms with Gasteiger partial charge in [0.2, 0.25) is 5.90 Å². The van der Waals surface area contributed by atoms with E-state index in [0.29, 0.717) is 29.9 Å². The van der Waals surface area contributed by atoms with Crippen LogP contribution in [0.4, 0.5) is 14.5 Å². The summed E-state index contributed by atoms with van der Waals surface area (Å²) in [5.41, 5.74) is 14.0. The van der Waals surface area contributed by atoms with Crippen molar-refractivity contribution >= 4 is 27.3 Å². The Balaban J connectivity index is 1.52. The fourth-order valence-corrected chi connectivity index (χ4v) is 6.83. The third-order valence-electron chi connectivity index (χ3n) is 7.92. The van der Waals surface area contributed by atoms with Crippen molar-refractivity contribution in [3.8, 4) is 5.75 Å². The number of azide groups is 1. The second kappa shape index (κ2) is 16.4. The van der Waals surface area contributed by atoms with Gasteiger partial charge in [0.15, 0.2) is 21.5 Å². The highest BCUT2D eigenvalue weighted by molar-refractivity contribution is 7.91. The summed E-state index contributed by atoms with van der Waals surface area (Å²) in [7, 11) is -3.93. The Morgan fingerprint density at radius 3 is 2.42 bits per heavy atom. The van der Waals surface area contributed by atoms with Crippen LogP contribution < -0.4 is 15.6 Å². The molecule has 4 aromatic carbocycles. The largest absolute Gasteiger partial charge is 0.494 e. The van der Waals surface area contributed by atoms with E-state index in [9.17, 15) is 27.5 Å². The smallest absolute Gasteiger partial charge is 0.266 e. The molecule has 0 unspecified atom stereocenters. The monoisotopic (exact) mass is 704 g/mol. The maximum absolute atomic E-state index is 14.4. The summed E-state index contributed by atoms with van der Waals surface area (Å²) < 4.78 is 66.6. The Bertz CT molecular complexity index is 1970. The average Bonchev–Trinajstić information content (AvgIpc) is 3.51. The summed E-state index contributed by atoms with van der Waals surface area (Å²) >= 11 is 0. The fraction of sp³-hybridized carbons (Fsp3) is 0.257. The lowest BCUT2D eigenvalue weighted by Crippen LogP contribution is -2.53. The van der Waals surface area contributed by atoms with Crippen LogP contribution in [0, 0.1) is 11.6 Å². The number of aliphatic imine (C=N–C) groups is 1. The van der Waals surface area contributed by atoms with Crippen LogP contribution in [0.2, 0.25) is 0 Å². The van der Waals surface area contributed by atoms with Crippen molar-refractivity contribution in [2.24, 2.45) is 10.1 Å². The highest BCUT2D eigenvalue weighted by Crippen LogP contribution is 2.45. The van der Waals surface area contributed by atoms with E-state index in [1.54, 1.807) is 60.7 Å². The van der Waals surface area contributed by atoms with E-state index < -0.39 is 44.8 Å². The molecule has 15 heteroatoms. The van der Waals surface area contributed by atoms with Crippen molar-refractivity contribution in [2.75, 3.05) is 25.5 Å². The summed E-state index contributed by atoms with van der Waals surface area (Å²) in [6, 6.07) is 24.0. The lowest BCUT2D eigenvalue weighted by Gasteiger charge is -2.31. The molecular formula is C35H34F2N6O6S. The highest BCUT2D eigenvalue weighted by atomic mass is 32.2. The maximum atomic E-state index is 14.4. The first-order valence-electron chi connectivity index (χ1n) is 15.7. The minimum atomic E-state index is -3.93. The Labute approximate surface area is 287 Å². The molecular weight excluding hydrogens is 670 g/mol. The quantitative estimate of drug-likeness (QED) is 0.0444. The number of carbonyl (C=O) groups excluding carboxylic acids is 1. The molecule has 0 spiro atoms. The molecule has 0 saturated carbocycles. The van der Waals surface area contributed by atoms with Gasteiger partial charge in [0.1, 0.15) is 17.4 Å². The number of halogens is 2. The Morgan fingerprint density at radius 1 is 1.02 bits per heavy atom. The number of rotatable bonds is 16. The van der Waals surface area contributed by atoms with Gasteiger partial charge >= 0.3 is 0 Å². The van der Waals surface area contributed by atoms with Crippen molar-refractivity contribution in [2.45, 2.75) is 35.8 Å². The van der Waals surface area contributed by atoms with E-state index in [2.05, 4.69) is 20.9 Å². The molecule has 4 aromatic rings. The molecule has 50 heavy (non-hydrogen) atoms. The fourth-order valence-electron chi connectivity index (χ4n) is 5.44. The summed E-state index contributed by atoms with van der Waals surface area (Å²) in [4.78, 5) is 22.1. The molecule has 0 aliphatic carbocycles. The zero-order valence-corrected chi connectivity index (χ0v) is 27.5. The van der Waals surface area contributed by atoms with Gasteiger partial charge in [-0.3, -0.25) is 10.2 Å². The number of hydrazine groups is 1. The van der Waals surface area contributed by atoms with E-state index in [4.69, 9.17) is 19.6 Å². The van der Waals surface area contributed by atoms with Crippen molar-refractivity contribution in [1.29, 1.82) is 0 Å². The minimum Gasteiger partial charge on any atom is -0.494 e. The van der Waals surface area contributed by atoms with Crippen LogP contribution in [0.15, 0.2) is 112 Å². The summed E-state index contributed by atoms with van der Waals surface area (Å²) in [6.07, 6.45) is -1.02. The van der Waals surface area contributed by atoms with Gasteiger partial charge < -0.3 is 14.6 Å². The molecule has 5 rings (SSSR count). The number of carbonyl (C=O) groups is 1. The van der Waals surface area contributed by atoms with E-state index in [1.165, 1.54) is 30.3 Å². The molecule has 1 amide bonds. The van der Waals surface area contributed by atoms with Gasteiger partial charge in [-0.2, -0.15) is 0 Å². The van der Waals surface area contributed by atoms with Gasteiger partial charge in [0, 0.05) is 53.8 Å². The lowest BCUT2D eigenvalue weighted by molar-refractivity contribution is -0.130. The number of amides is 1. The van der Waals surface area contributed by atoms with Crippen LogP contribution >= 0.6 is 0 Å². The molecule has 0 aromatic heterocycles. The van der Waals surface area contributed by atoms with Gasteiger partial charge in [-0.1, -0.05) is 47.6 Å². The van der Waals surface area contributed by atoms with Crippen molar-refractivity contribution in [1.82, 2.24) is 10.9 Å². The van der Waals surface area contributed by atoms with E-state index >= 15 is 0 Å². The number of benzene rings is 4. The molecule has 260 valence electrons. The molecule has 2 atom stereocenters. The van der Waals surface area contributed by atoms with Crippen molar-refractivity contribution in [3.05, 3.63) is 136 Å². The van der Waals surface area contributed by atoms with Crippen LogP contribution in [0.1, 0.15) is 35.6 Å². The SMILES string of the molecule is [N-]=[N+]=Nc1ccccc1[C@@H]1OC(c2ccc(OCCCO)cc2)=N[C@]1(CCS(=O)(=O)c1ccccc1)C(=O)NNCCc1cc(F)cc(F)c1. The highest BCUT2D eigenvalue weighted by Gasteiger charge is 2.54. The van der Waals surface area contributed by atoms with Crippen LogP contribution in [-0.2, 0) is 25.8 Å².